The maximum atomic E-state index is 12.8. The van der Waals surface area contributed by atoms with Crippen molar-refractivity contribution >= 4 is 28.3 Å². The maximum Gasteiger partial charge on any atom is 0.265 e. The molecule has 0 aliphatic carbocycles. The van der Waals surface area contributed by atoms with E-state index in [1.807, 2.05) is 16.7 Å². The van der Waals surface area contributed by atoms with E-state index in [4.69, 9.17) is 10.5 Å². The molecule has 8 heteroatoms. The van der Waals surface area contributed by atoms with Crippen LogP contribution in [0.25, 0.3) is 0 Å². The predicted octanol–water partition coefficient (Wildman–Crippen LogP) is 2.06. The monoisotopic (exact) mass is 392 g/mol. The number of amides is 2. The zero-order chi connectivity index (χ0) is 19.0. The molecule has 0 saturated carbocycles. The summed E-state index contributed by atoms with van der Waals surface area (Å²) in [5, 5.41) is 0.444. The lowest BCUT2D eigenvalue weighted by atomic mass is 9.72. The minimum absolute atomic E-state index is 0.0413. The third-order valence-electron chi connectivity index (χ3n) is 6.31. The van der Waals surface area contributed by atoms with E-state index in [-0.39, 0.29) is 23.3 Å². The zero-order valence-corrected chi connectivity index (χ0v) is 16.7. The van der Waals surface area contributed by atoms with Crippen LogP contribution in [0.1, 0.15) is 53.9 Å². The van der Waals surface area contributed by atoms with E-state index in [0.29, 0.717) is 22.1 Å². The van der Waals surface area contributed by atoms with Crippen molar-refractivity contribution in [2.45, 2.75) is 51.6 Å². The van der Waals surface area contributed by atoms with Gasteiger partial charge < -0.3 is 20.3 Å². The number of piperidine rings is 2. The number of thiazole rings is 1. The van der Waals surface area contributed by atoms with Gasteiger partial charge in [-0.3, -0.25) is 9.59 Å². The quantitative estimate of drug-likeness (QED) is 0.850. The lowest BCUT2D eigenvalue weighted by Crippen LogP contribution is -2.53. The van der Waals surface area contributed by atoms with Crippen LogP contribution < -0.4 is 5.73 Å². The van der Waals surface area contributed by atoms with Gasteiger partial charge in [0, 0.05) is 39.2 Å². The zero-order valence-electron chi connectivity index (χ0n) is 15.9. The Morgan fingerprint density at radius 1 is 1.37 bits per heavy atom. The standard InChI is InChI=1S/C19H28N4O3S/c1-13-16(27-18(20)21-13)17(25)22-8-6-19(7-9-22)5-4-15(24)23(12-19)11-14-3-2-10-26-14/h14H,2-12H2,1H3,(H2,20,21)/t14-/m1/s1. The van der Waals surface area contributed by atoms with Crippen LogP contribution in [0, 0.1) is 12.3 Å². The number of nitrogens with two attached hydrogens (primary N) is 1. The average molecular weight is 393 g/mol. The Kier molecular flexibility index (Phi) is 5.11. The van der Waals surface area contributed by atoms with Gasteiger partial charge in [-0.15, -0.1) is 0 Å². The van der Waals surface area contributed by atoms with Gasteiger partial charge >= 0.3 is 0 Å². The van der Waals surface area contributed by atoms with Gasteiger partial charge in [0.05, 0.1) is 11.8 Å². The molecule has 1 aromatic rings. The smallest absolute Gasteiger partial charge is 0.265 e. The van der Waals surface area contributed by atoms with Crippen molar-refractivity contribution in [3.05, 3.63) is 10.6 Å². The van der Waals surface area contributed by atoms with Crippen molar-refractivity contribution in [2.75, 3.05) is 38.5 Å². The molecular formula is C19H28N4O3S. The normalized spacial score (nSPS) is 25.4. The molecule has 1 atom stereocenters. The first kappa shape index (κ1) is 18.7. The molecule has 27 heavy (non-hydrogen) atoms. The van der Waals surface area contributed by atoms with E-state index < -0.39 is 0 Å². The van der Waals surface area contributed by atoms with Gasteiger partial charge in [0.15, 0.2) is 5.13 Å². The van der Waals surface area contributed by atoms with Crippen LogP contribution in [0.3, 0.4) is 0 Å². The van der Waals surface area contributed by atoms with E-state index in [2.05, 4.69) is 4.98 Å². The Bertz CT molecular complexity index is 721. The topological polar surface area (TPSA) is 88.8 Å². The van der Waals surface area contributed by atoms with Crippen LogP contribution in [-0.4, -0.2) is 65.5 Å². The number of hydrogen-bond acceptors (Lipinski definition) is 6. The van der Waals surface area contributed by atoms with Crippen LogP contribution in [-0.2, 0) is 9.53 Å². The summed E-state index contributed by atoms with van der Waals surface area (Å²) in [4.78, 5) is 34.0. The number of carbonyl (C=O) groups excluding carboxylic acids is 2. The number of carbonyl (C=O) groups is 2. The molecule has 148 valence electrons. The molecule has 3 fully saturated rings. The Labute approximate surface area is 163 Å². The van der Waals surface area contributed by atoms with E-state index in [9.17, 15) is 9.59 Å². The molecule has 0 unspecified atom stereocenters. The number of nitrogen functional groups attached to an aromatic ring is 1. The summed E-state index contributed by atoms with van der Waals surface area (Å²) < 4.78 is 5.73. The SMILES string of the molecule is Cc1nc(N)sc1C(=O)N1CCC2(CCC(=O)N(C[C@H]3CCCO3)C2)CC1. The molecule has 1 aromatic heterocycles. The number of aromatic nitrogens is 1. The lowest BCUT2D eigenvalue weighted by Gasteiger charge is -2.47. The molecule has 3 aliphatic heterocycles. The molecule has 0 bridgehead atoms. The summed E-state index contributed by atoms with van der Waals surface area (Å²) in [6.07, 6.45) is 5.79. The summed E-state index contributed by atoms with van der Waals surface area (Å²) in [7, 11) is 0. The molecule has 0 radical (unpaired) electrons. The molecule has 1 spiro atoms. The fraction of sp³-hybridized carbons (Fsp3) is 0.737. The second-order valence-electron chi connectivity index (χ2n) is 8.17. The predicted molar refractivity (Wildman–Crippen MR) is 104 cm³/mol. The first-order chi connectivity index (χ1) is 13.0. The lowest BCUT2D eigenvalue weighted by molar-refractivity contribution is -0.141. The number of anilines is 1. The molecule has 2 amide bonds. The summed E-state index contributed by atoms with van der Waals surface area (Å²) >= 11 is 1.27. The summed E-state index contributed by atoms with van der Waals surface area (Å²) in [5.41, 5.74) is 6.60. The molecule has 3 aliphatic rings. The van der Waals surface area contributed by atoms with Crippen molar-refractivity contribution in [3.8, 4) is 0 Å². The molecule has 3 saturated heterocycles. The Morgan fingerprint density at radius 2 is 2.15 bits per heavy atom. The molecule has 4 heterocycles. The number of rotatable bonds is 3. The van der Waals surface area contributed by atoms with Gasteiger partial charge in [0.1, 0.15) is 4.88 Å². The fourth-order valence-electron chi connectivity index (χ4n) is 4.65. The highest BCUT2D eigenvalue weighted by molar-refractivity contribution is 7.17. The van der Waals surface area contributed by atoms with E-state index in [1.165, 1.54) is 11.3 Å². The number of nitrogens with zero attached hydrogens (tertiary/aromatic N) is 3. The summed E-state index contributed by atoms with van der Waals surface area (Å²) in [6.45, 7) is 5.65. The summed E-state index contributed by atoms with van der Waals surface area (Å²) in [6, 6.07) is 0. The summed E-state index contributed by atoms with van der Waals surface area (Å²) in [5.74, 6) is 0.296. The van der Waals surface area contributed by atoms with Crippen molar-refractivity contribution in [1.29, 1.82) is 0 Å². The number of likely N-dealkylation sites (tertiary alicyclic amines) is 2. The van der Waals surface area contributed by atoms with E-state index in [1.54, 1.807) is 0 Å². The molecule has 7 nitrogen and oxygen atoms in total. The van der Waals surface area contributed by atoms with Crippen molar-refractivity contribution in [3.63, 3.8) is 0 Å². The molecule has 2 N–H and O–H groups in total. The van der Waals surface area contributed by atoms with Crippen LogP contribution in [0.2, 0.25) is 0 Å². The second-order valence-corrected chi connectivity index (χ2v) is 9.20. The van der Waals surface area contributed by atoms with Crippen LogP contribution in [0.5, 0.6) is 0 Å². The number of hydrogen-bond donors (Lipinski definition) is 1. The first-order valence-corrected chi connectivity index (χ1v) is 10.7. The molecule has 4 rings (SSSR count). The van der Waals surface area contributed by atoms with Gasteiger partial charge in [-0.05, 0) is 44.4 Å². The average Bonchev–Trinajstić information content (AvgIpc) is 3.28. The van der Waals surface area contributed by atoms with E-state index in [0.717, 1.165) is 64.9 Å². The van der Waals surface area contributed by atoms with Crippen LogP contribution in [0.15, 0.2) is 0 Å². The largest absolute Gasteiger partial charge is 0.376 e. The fourth-order valence-corrected chi connectivity index (χ4v) is 5.46. The minimum Gasteiger partial charge on any atom is -0.376 e. The van der Waals surface area contributed by atoms with E-state index >= 15 is 0 Å². The van der Waals surface area contributed by atoms with Gasteiger partial charge in [0.25, 0.3) is 5.91 Å². The highest BCUT2D eigenvalue weighted by Crippen LogP contribution is 2.41. The Hall–Kier alpha value is -1.67. The van der Waals surface area contributed by atoms with Crippen molar-refractivity contribution in [1.82, 2.24) is 14.8 Å². The Morgan fingerprint density at radius 3 is 2.78 bits per heavy atom. The van der Waals surface area contributed by atoms with Gasteiger partial charge in [-0.1, -0.05) is 11.3 Å². The number of ether oxygens (including phenoxy) is 1. The minimum atomic E-state index is 0.0413. The van der Waals surface area contributed by atoms with Gasteiger partial charge in [-0.25, -0.2) is 4.98 Å². The number of aryl methyl sites for hydroxylation is 1. The Balaban J connectivity index is 1.37. The first-order valence-electron chi connectivity index (χ1n) is 9.87. The van der Waals surface area contributed by atoms with Gasteiger partial charge in [-0.2, -0.15) is 0 Å². The van der Waals surface area contributed by atoms with Gasteiger partial charge in [0.2, 0.25) is 5.91 Å². The molecule has 0 aromatic carbocycles. The third kappa shape index (κ3) is 3.82. The highest BCUT2D eigenvalue weighted by Gasteiger charge is 2.42. The van der Waals surface area contributed by atoms with Crippen molar-refractivity contribution in [2.24, 2.45) is 5.41 Å². The van der Waals surface area contributed by atoms with Crippen LogP contribution >= 0.6 is 11.3 Å². The molecular weight excluding hydrogens is 364 g/mol. The highest BCUT2D eigenvalue weighted by atomic mass is 32.1. The van der Waals surface area contributed by atoms with Crippen molar-refractivity contribution < 1.29 is 14.3 Å². The maximum absolute atomic E-state index is 12.8. The second kappa shape index (κ2) is 7.39. The third-order valence-corrected chi connectivity index (χ3v) is 7.29. The van der Waals surface area contributed by atoms with Crippen LogP contribution in [0.4, 0.5) is 5.13 Å².